The van der Waals surface area contributed by atoms with Gasteiger partial charge in [0.05, 0.1) is 11.6 Å². The molecule has 3 heterocycles. The van der Waals surface area contributed by atoms with Gasteiger partial charge in [-0.05, 0) is 96.4 Å². The van der Waals surface area contributed by atoms with Crippen molar-refractivity contribution in [2.24, 2.45) is 0 Å². The molecule has 0 fully saturated rings. The first-order chi connectivity index (χ1) is 21.4. The van der Waals surface area contributed by atoms with Crippen molar-refractivity contribution in [3.8, 4) is 11.5 Å². The number of hydrogen-bond acceptors (Lipinski definition) is 3. The van der Waals surface area contributed by atoms with Crippen LogP contribution in [-0.4, -0.2) is 48.1 Å². The largest absolute Gasteiger partial charge is 0.456 e. The van der Waals surface area contributed by atoms with E-state index in [1.165, 1.54) is 33.3 Å². The third-order valence-electron chi connectivity index (χ3n) is 10.0. The highest BCUT2D eigenvalue weighted by Gasteiger charge is 2.36. The van der Waals surface area contributed by atoms with Gasteiger partial charge in [-0.3, -0.25) is 4.79 Å². The first kappa shape index (κ1) is 30.9. The van der Waals surface area contributed by atoms with E-state index in [0.717, 1.165) is 52.1 Å². The lowest BCUT2D eigenvalue weighted by molar-refractivity contribution is 0.0772. The highest BCUT2D eigenvalue weighted by molar-refractivity contribution is 6.02. The molecule has 0 N–H and O–H groups in total. The number of rotatable bonds is 6. The smallest absolute Gasteiger partial charge is 0.254 e. The molecule has 5 heteroatoms. The number of nitrogens with zero attached hydrogens (tertiary/aromatic N) is 3. The zero-order valence-electron chi connectivity index (χ0n) is 28.8. The standard InChI is InChI=1S/C40H48N3O2/c1-11-41(12-2)38(44)28-18-16-15-17-27(28)37-31-19-29-25(5)23-39(7,8)42(13-3)33(29)21-35(31)45-36-22-34-30(20-32(36)37)26(6)24-40(9,10)43(34)14-4/h15-24H,11-14H2,1-10H3/q+1. The number of allylic oxidation sites excluding steroid dienone is 2. The lowest BCUT2D eigenvalue weighted by atomic mass is 9.83. The van der Waals surface area contributed by atoms with Gasteiger partial charge in [0.15, 0.2) is 5.54 Å². The Morgan fingerprint density at radius 3 is 2.18 bits per heavy atom. The van der Waals surface area contributed by atoms with Crippen molar-refractivity contribution in [1.82, 2.24) is 9.48 Å². The fraction of sp³-hybridized carbons (Fsp3) is 0.400. The Bertz CT molecular complexity index is 1920. The number of ether oxygens (including phenoxy) is 1. The second-order valence-electron chi connectivity index (χ2n) is 13.7. The lowest BCUT2D eigenvalue weighted by Crippen LogP contribution is -2.49. The molecule has 0 spiro atoms. The molecule has 0 saturated heterocycles. The topological polar surface area (TPSA) is 35.8 Å². The SMILES string of the molecule is CCN(CC)C(=O)c1ccccc1C1=c2cc3c(cc2Oc2cc4c(cc21)C(C)=CC(C)(C)N4CC)=[N+](CC)C(C)(C)C=C3C. The molecule has 234 valence electrons. The molecule has 3 aliphatic rings. The Kier molecular flexibility index (Phi) is 7.58. The summed E-state index contributed by atoms with van der Waals surface area (Å²) in [4.78, 5) is 18.4. The van der Waals surface area contributed by atoms with Crippen LogP contribution in [0.4, 0.5) is 5.69 Å². The minimum atomic E-state index is -0.113. The van der Waals surface area contributed by atoms with Crippen LogP contribution in [0.1, 0.15) is 102 Å². The van der Waals surface area contributed by atoms with Crippen LogP contribution in [0, 0.1) is 0 Å². The maximum atomic E-state index is 14.0. The van der Waals surface area contributed by atoms with Crippen LogP contribution >= 0.6 is 0 Å². The van der Waals surface area contributed by atoms with Crippen molar-refractivity contribution in [2.75, 3.05) is 31.1 Å². The first-order valence-electron chi connectivity index (χ1n) is 16.6. The minimum Gasteiger partial charge on any atom is -0.456 e. The molecule has 3 aliphatic heterocycles. The molecule has 0 aromatic heterocycles. The number of fused-ring (bicyclic) bond motifs is 4. The molecule has 0 saturated carbocycles. The maximum absolute atomic E-state index is 14.0. The van der Waals surface area contributed by atoms with E-state index in [1.807, 2.05) is 36.9 Å². The number of carbonyl (C=O) groups is 1. The van der Waals surface area contributed by atoms with Crippen molar-refractivity contribution in [1.29, 1.82) is 0 Å². The first-order valence-corrected chi connectivity index (χ1v) is 16.6. The molecule has 5 nitrogen and oxygen atoms in total. The summed E-state index contributed by atoms with van der Waals surface area (Å²) in [5.41, 5.74) is 9.62. The molecule has 45 heavy (non-hydrogen) atoms. The number of hydrogen-bond donors (Lipinski definition) is 0. The predicted octanol–water partition coefficient (Wildman–Crippen LogP) is 7.25. The Labute approximate surface area is 268 Å². The highest BCUT2D eigenvalue weighted by atomic mass is 16.5. The third kappa shape index (κ3) is 4.83. The van der Waals surface area contributed by atoms with E-state index in [2.05, 4.69) is 107 Å². The van der Waals surface area contributed by atoms with E-state index in [1.54, 1.807) is 0 Å². The Hall–Kier alpha value is -4.12. The van der Waals surface area contributed by atoms with Gasteiger partial charge >= 0.3 is 0 Å². The second-order valence-corrected chi connectivity index (χ2v) is 13.7. The lowest BCUT2D eigenvalue weighted by Gasteiger charge is -2.43. The van der Waals surface area contributed by atoms with Gasteiger partial charge in [0.25, 0.3) is 5.91 Å². The highest BCUT2D eigenvalue weighted by Crippen LogP contribution is 2.46. The number of likely N-dealkylation sites (N-methyl/N-ethyl adjacent to an activating group) is 2. The molecule has 0 unspecified atom stereocenters. The van der Waals surface area contributed by atoms with Crippen LogP contribution in [0.5, 0.6) is 11.5 Å². The fourth-order valence-corrected chi connectivity index (χ4v) is 8.05. The molecule has 3 aromatic carbocycles. The van der Waals surface area contributed by atoms with Crippen LogP contribution in [0.25, 0.3) is 16.7 Å². The van der Waals surface area contributed by atoms with Gasteiger partial charge in [-0.2, -0.15) is 0 Å². The molecular weight excluding hydrogens is 554 g/mol. The van der Waals surface area contributed by atoms with Gasteiger partial charge in [0.1, 0.15) is 18.0 Å². The predicted molar refractivity (Wildman–Crippen MR) is 188 cm³/mol. The van der Waals surface area contributed by atoms with E-state index in [9.17, 15) is 4.79 Å². The molecule has 6 rings (SSSR count). The zero-order valence-corrected chi connectivity index (χ0v) is 28.8. The van der Waals surface area contributed by atoms with Crippen molar-refractivity contribution in [2.45, 2.75) is 80.3 Å². The van der Waals surface area contributed by atoms with E-state index < -0.39 is 0 Å². The summed E-state index contributed by atoms with van der Waals surface area (Å²) in [6.45, 7) is 25.1. The summed E-state index contributed by atoms with van der Waals surface area (Å²) >= 11 is 0. The fourth-order valence-electron chi connectivity index (χ4n) is 8.05. The van der Waals surface area contributed by atoms with E-state index in [4.69, 9.17) is 4.74 Å². The van der Waals surface area contributed by atoms with E-state index >= 15 is 0 Å². The molecule has 1 amide bonds. The molecule has 0 aliphatic carbocycles. The summed E-state index contributed by atoms with van der Waals surface area (Å²) in [6, 6.07) is 17.2. The molecule has 0 radical (unpaired) electrons. The van der Waals surface area contributed by atoms with Gasteiger partial charge in [-0.25, -0.2) is 4.58 Å². The van der Waals surface area contributed by atoms with Crippen LogP contribution < -0.4 is 24.8 Å². The molecular formula is C40H48N3O2+. The summed E-state index contributed by atoms with van der Waals surface area (Å²) in [6.07, 6.45) is 4.73. The van der Waals surface area contributed by atoms with E-state index in [-0.39, 0.29) is 17.0 Å². The monoisotopic (exact) mass is 602 g/mol. The summed E-state index contributed by atoms with van der Waals surface area (Å²) in [5.74, 6) is 1.71. The van der Waals surface area contributed by atoms with Gasteiger partial charge in [-0.1, -0.05) is 24.3 Å². The zero-order chi connectivity index (χ0) is 32.4. The minimum absolute atomic E-state index is 0.0542. The van der Waals surface area contributed by atoms with Crippen LogP contribution in [-0.2, 0) is 0 Å². The summed E-state index contributed by atoms with van der Waals surface area (Å²) in [5, 5.41) is 2.21. The van der Waals surface area contributed by atoms with Gasteiger partial charge in [-0.15, -0.1) is 0 Å². The van der Waals surface area contributed by atoms with Crippen molar-refractivity contribution >= 4 is 28.3 Å². The van der Waals surface area contributed by atoms with Crippen molar-refractivity contribution < 1.29 is 9.53 Å². The molecule has 0 atom stereocenters. The number of amides is 1. The average Bonchev–Trinajstić information content (AvgIpc) is 2.98. The van der Waals surface area contributed by atoms with Crippen LogP contribution in [0.2, 0.25) is 0 Å². The molecule has 0 bridgehead atoms. The Morgan fingerprint density at radius 1 is 0.822 bits per heavy atom. The van der Waals surface area contributed by atoms with Crippen molar-refractivity contribution in [3.63, 3.8) is 0 Å². The maximum Gasteiger partial charge on any atom is 0.254 e. The average molecular weight is 603 g/mol. The second kappa shape index (κ2) is 11.0. The van der Waals surface area contributed by atoms with E-state index in [0.29, 0.717) is 13.1 Å². The normalized spacial score (nSPS) is 17.3. The third-order valence-corrected chi connectivity index (χ3v) is 10.0. The van der Waals surface area contributed by atoms with Crippen LogP contribution in [0.3, 0.4) is 0 Å². The van der Waals surface area contributed by atoms with Crippen molar-refractivity contribution in [3.05, 3.63) is 99.1 Å². The van der Waals surface area contributed by atoms with Gasteiger partial charge in [0, 0.05) is 78.3 Å². The van der Waals surface area contributed by atoms with Crippen LogP contribution in [0.15, 0.2) is 60.7 Å². The Balaban J connectivity index is 1.75. The summed E-state index contributed by atoms with van der Waals surface area (Å²) < 4.78 is 9.39. The van der Waals surface area contributed by atoms with Gasteiger partial charge < -0.3 is 14.5 Å². The van der Waals surface area contributed by atoms with Gasteiger partial charge in [0.2, 0.25) is 5.36 Å². The number of anilines is 1. The Morgan fingerprint density at radius 2 is 1.51 bits per heavy atom. The summed E-state index contributed by atoms with van der Waals surface area (Å²) in [7, 11) is 0. The quantitative estimate of drug-likeness (QED) is 0.218. The molecule has 3 aromatic rings. The number of benzene rings is 3. The number of carbonyl (C=O) groups excluding carboxylic acids is 1.